The van der Waals surface area contributed by atoms with E-state index in [2.05, 4.69) is 36.4 Å². The standard InChI is InChI=1S/C16H27N3O2/c1-16(2,3)19-15(17-4)18-10-7-11-21-14-9-6-8-13(12-14)20-5/h6,8-9,12H,7,10-11H2,1-5H3,(H2,17,18,19). The van der Waals surface area contributed by atoms with Crippen molar-refractivity contribution in [3.63, 3.8) is 0 Å². The Bertz CT molecular complexity index is 453. The Hall–Kier alpha value is -1.91. The van der Waals surface area contributed by atoms with Gasteiger partial charge in [-0.2, -0.15) is 0 Å². The Morgan fingerprint density at radius 1 is 1.24 bits per heavy atom. The molecule has 0 aliphatic rings. The summed E-state index contributed by atoms with van der Waals surface area (Å²) >= 11 is 0. The van der Waals surface area contributed by atoms with Crippen LogP contribution in [0, 0.1) is 0 Å². The van der Waals surface area contributed by atoms with Crippen LogP contribution in [0.25, 0.3) is 0 Å². The van der Waals surface area contributed by atoms with Gasteiger partial charge in [-0.1, -0.05) is 6.07 Å². The minimum Gasteiger partial charge on any atom is -0.497 e. The van der Waals surface area contributed by atoms with E-state index in [0.717, 1.165) is 30.4 Å². The molecule has 0 unspecified atom stereocenters. The summed E-state index contributed by atoms with van der Waals surface area (Å²) in [5.74, 6) is 2.44. The van der Waals surface area contributed by atoms with Crippen molar-refractivity contribution >= 4 is 5.96 Å². The second-order valence-corrected chi connectivity index (χ2v) is 5.75. The molecule has 0 aliphatic carbocycles. The minimum atomic E-state index is -0.00106. The molecule has 0 heterocycles. The van der Waals surface area contributed by atoms with Crippen molar-refractivity contribution in [3.8, 4) is 11.5 Å². The Balaban J connectivity index is 2.24. The molecule has 1 aromatic carbocycles. The van der Waals surface area contributed by atoms with Crippen LogP contribution in [0.4, 0.5) is 0 Å². The van der Waals surface area contributed by atoms with Crippen molar-refractivity contribution in [1.82, 2.24) is 10.6 Å². The number of rotatable bonds is 6. The van der Waals surface area contributed by atoms with Gasteiger partial charge >= 0.3 is 0 Å². The van der Waals surface area contributed by atoms with E-state index in [1.165, 1.54) is 0 Å². The molecule has 0 amide bonds. The molecule has 118 valence electrons. The molecule has 0 bridgehead atoms. The number of nitrogens with one attached hydrogen (secondary N) is 2. The second-order valence-electron chi connectivity index (χ2n) is 5.75. The van der Waals surface area contributed by atoms with Crippen LogP contribution in [0.3, 0.4) is 0 Å². The third kappa shape index (κ3) is 7.44. The highest BCUT2D eigenvalue weighted by atomic mass is 16.5. The SMILES string of the molecule is CN=C(NCCCOc1cccc(OC)c1)NC(C)(C)C. The van der Waals surface area contributed by atoms with Crippen LogP contribution in [0.2, 0.25) is 0 Å². The van der Waals surface area contributed by atoms with E-state index < -0.39 is 0 Å². The molecule has 0 aliphatic heterocycles. The largest absolute Gasteiger partial charge is 0.497 e. The number of ether oxygens (including phenoxy) is 2. The first-order chi connectivity index (χ1) is 9.94. The highest BCUT2D eigenvalue weighted by Crippen LogP contribution is 2.18. The molecule has 21 heavy (non-hydrogen) atoms. The maximum absolute atomic E-state index is 5.68. The zero-order valence-corrected chi connectivity index (χ0v) is 13.7. The van der Waals surface area contributed by atoms with Gasteiger partial charge in [0.25, 0.3) is 0 Å². The lowest BCUT2D eigenvalue weighted by Crippen LogP contribution is -2.47. The molecule has 0 radical (unpaired) electrons. The van der Waals surface area contributed by atoms with E-state index in [1.807, 2.05) is 24.3 Å². The van der Waals surface area contributed by atoms with Gasteiger partial charge in [0.2, 0.25) is 0 Å². The predicted octanol–water partition coefficient (Wildman–Crippen LogP) is 2.43. The molecule has 0 atom stereocenters. The highest BCUT2D eigenvalue weighted by Gasteiger charge is 2.11. The van der Waals surface area contributed by atoms with E-state index in [9.17, 15) is 0 Å². The van der Waals surface area contributed by atoms with Gasteiger partial charge in [-0.25, -0.2) is 0 Å². The average molecular weight is 293 g/mol. The van der Waals surface area contributed by atoms with Gasteiger partial charge in [0, 0.05) is 25.2 Å². The maximum Gasteiger partial charge on any atom is 0.191 e. The molecule has 2 N–H and O–H groups in total. The van der Waals surface area contributed by atoms with Crippen LogP contribution in [0.15, 0.2) is 29.3 Å². The third-order valence-corrected chi connectivity index (χ3v) is 2.64. The van der Waals surface area contributed by atoms with Crippen LogP contribution in [-0.4, -0.2) is 38.8 Å². The summed E-state index contributed by atoms with van der Waals surface area (Å²) in [6.07, 6.45) is 0.891. The first-order valence-corrected chi connectivity index (χ1v) is 7.20. The van der Waals surface area contributed by atoms with Gasteiger partial charge in [0.05, 0.1) is 13.7 Å². The lowest BCUT2D eigenvalue weighted by Gasteiger charge is -2.23. The zero-order valence-electron chi connectivity index (χ0n) is 13.7. The lowest BCUT2D eigenvalue weighted by molar-refractivity contribution is 0.308. The first-order valence-electron chi connectivity index (χ1n) is 7.20. The summed E-state index contributed by atoms with van der Waals surface area (Å²) < 4.78 is 10.8. The van der Waals surface area contributed by atoms with E-state index >= 15 is 0 Å². The number of nitrogens with zero attached hydrogens (tertiary/aromatic N) is 1. The number of hydrogen-bond donors (Lipinski definition) is 2. The summed E-state index contributed by atoms with van der Waals surface area (Å²) in [5, 5.41) is 6.58. The van der Waals surface area contributed by atoms with E-state index in [-0.39, 0.29) is 5.54 Å². The van der Waals surface area contributed by atoms with Gasteiger partial charge in [-0.3, -0.25) is 4.99 Å². The molecule has 0 saturated heterocycles. The Morgan fingerprint density at radius 3 is 2.57 bits per heavy atom. The number of hydrogen-bond acceptors (Lipinski definition) is 3. The molecular formula is C16H27N3O2. The summed E-state index contributed by atoms with van der Waals surface area (Å²) in [5.41, 5.74) is -0.00106. The van der Waals surface area contributed by atoms with Crippen LogP contribution in [0.5, 0.6) is 11.5 Å². The monoisotopic (exact) mass is 293 g/mol. The van der Waals surface area contributed by atoms with Crippen LogP contribution < -0.4 is 20.1 Å². The summed E-state index contributed by atoms with van der Waals surface area (Å²) in [4.78, 5) is 4.19. The smallest absolute Gasteiger partial charge is 0.191 e. The van der Waals surface area contributed by atoms with Crippen molar-refractivity contribution in [3.05, 3.63) is 24.3 Å². The fraction of sp³-hybridized carbons (Fsp3) is 0.562. The Kier molecular flexibility index (Phi) is 6.85. The Morgan fingerprint density at radius 2 is 1.95 bits per heavy atom. The summed E-state index contributed by atoms with van der Waals surface area (Å²) in [6, 6.07) is 7.63. The molecule has 5 heteroatoms. The van der Waals surface area contributed by atoms with E-state index in [1.54, 1.807) is 14.2 Å². The van der Waals surface area contributed by atoms with Gasteiger partial charge in [-0.05, 0) is 39.3 Å². The number of benzene rings is 1. The quantitative estimate of drug-likeness (QED) is 0.480. The Labute approximate surface area is 127 Å². The molecule has 1 aromatic rings. The van der Waals surface area contributed by atoms with Gasteiger partial charge < -0.3 is 20.1 Å². The van der Waals surface area contributed by atoms with E-state index in [0.29, 0.717) is 6.61 Å². The summed E-state index contributed by atoms with van der Waals surface area (Å²) in [7, 11) is 3.42. The molecule has 0 spiro atoms. The summed E-state index contributed by atoms with van der Waals surface area (Å²) in [6.45, 7) is 7.76. The molecular weight excluding hydrogens is 266 g/mol. The van der Waals surface area contributed by atoms with Crippen LogP contribution in [-0.2, 0) is 0 Å². The van der Waals surface area contributed by atoms with Crippen molar-refractivity contribution in [2.45, 2.75) is 32.7 Å². The first kappa shape index (κ1) is 17.1. The lowest BCUT2D eigenvalue weighted by atomic mass is 10.1. The molecule has 0 fully saturated rings. The molecule has 0 saturated carbocycles. The van der Waals surface area contributed by atoms with Gasteiger partial charge in [0.1, 0.15) is 11.5 Å². The van der Waals surface area contributed by atoms with Gasteiger partial charge in [-0.15, -0.1) is 0 Å². The minimum absolute atomic E-state index is 0.00106. The number of aliphatic imine (C=N–C) groups is 1. The number of guanidine groups is 1. The normalized spacial score (nSPS) is 12.0. The van der Waals surface area contributed by atoms with Crippen LogP contribution in [0.1, 0.15) is 27.2 Å². The fourth-order valence-corrected chi connectivity index (χ4v) is 1.69. The van der Waals surface area contributed by atoms with Crippen molar-refractivity contribution in [2.24, 2.45) is 4.99 Å². The number of methoxy groups -OCH3 is 1. The molecule has 0 aromatic heterocycles. The molecule has 1 rings (SSSR count). The predicted molar refractivity (Wildman–Crippen MR) is 87.4 cm³/mol. The fourth-order valence-electron chi connectivity index (χ4n) is 1.69. The molecule has 5 nitrogen and oxygen atoms in total. The van der Waals surface area contributed by atoms with Crippen molar-refractivity contribution < 1.29 is 9.47 Å². The van der Waals surface area contributed by atoms with E-state index in [4.69, 9.17) is 9.47 Å². The van der Waals surface area contributed by atoms with Crippen LogP contribution >= 0.6 is 0 Å². The maximum atomic E-state index is 5.68. The average Bonchev–Trinajstić information content (AvgIpc) is 2.44. The topological polar surface area (TPSA) is 54.9 Å². The second kappa shape index (κ2) is 8.39. The van der Waals surface area contributed by atoms with Gasteiger partial charge in [0.15, 0.2) is 5.96 Å². The highest BCUT2D eigenvalue weighted by molar-refractivity contribution is 5.80. The van der Waals surface area contributed by atoms with Crippen molar-refractivity contribution in [2.75, 3.05) is 27.3 Å². The van der Waals surface area contributed by atoms with Crippen molar-refractivity contribution in [1.29, 1.82) is 0 Å². The zero-order chi connectivity index (χ0) is 15.7. The third-order valence-electron chi connectivity index (χ3n) is 2.64.